The summed E-state index contributed by atoms with van der Waals surface area (Å²) in [5, 5.41) is 9.98. The van der Waals surface area contributed by atoms with Gasteiger partial charge in [0, 0.05) is 11.6 Å². The highest BCUT2D eigenvalue weighted by Gasteiger charge is 2.32. The Morgan fingerprint density at radius 2 is 2.00 bits per heavy atom. The molecule has 5 N–H and O–H groups in total. The number of ether oxygens (including phenoxy) is 1. The van der Waals surface area contributed by atoms with Crippen LogP contribution in [0.2, 0.25) is 0 Å². The number of aliphatic hydroxyl groups is 1. The number of rotatable bonds is 5. The number of methoxy groups -OCH3 is 1. The molecule has 0 fully saturated rings. The van der Waals surface area contributed by atoms with Crippen molar-refractivity contribution >= 4 is 0 Å². The average Bonchev–Trinajstić information content (AvgIpc) is 2.36. The lowest BCUT2D eigenvalue weighted by Gasteiger charge is -2.21. The first kappa shape index (κ1) is 15.7. The van der Waals surface area contributed by atoms with Crippen molar-refractivity contribution < 1.29 is 23.0 Å². The molecule has 0 saturated heterocycles. The number of halogens is 3. The van der Waals surface area contributed by atoms with Gasteiger partial charge in [0.2, 0.25) is 0 Å². The highest BCUT2D eigenvalue weighted by Crippen LogP contribution is 2.35. The second-order valence-corrected chi connectivity index (χ2v) is 4.14. The zero-order valence-electron chi connectivity index (χ0n) is 10.4. The number of benzene rings is 1. The fourth-order valence-electron chi connectivity index (χ4n) is 1.71. The molecular formula is C12H17F3N2O2. The molecule has 1 aromatic carbocycles. The van der Waals surface area contributed by atoms with Gasteiger partial charge in [-0.15, -0.1) is 0 Å². The molecule has 0 aromatic heterocycles. The topological polar surface area (TPSA) is 81.5 Å². The van der Waals surface area contributed by atoms with Gasteiger partial charge in [0.05, 0.1) is 18.8 Å². The first-order valence-electron chi connectivity index (χ1n) is 5.70. The number of nitrogens with two attached hydrogens (primary N) is 2. The van der Waals surface area contributed by atoms with E-state index in [0.717, 1.165) is 12.1 Å². The summed E-state index contributed by atoms with van der Waals surface area (Å²) in [7, 11) is 1.24. The van der Waals surface area contributed by atoms with Gasteiger partial charge in [0.1, 0.15) is 5.75 Å². The van der Waals surface area contributed by atoms with Gasteiger partial charge in [0.25, 0.3) is 0 Å². The van der Waals surface area contributed by atoms with Gasteiger partial charge >= 0.3 is 6.18 Å². The first-order valence-corrected chi connectivity index (χ1v) is 5.70. The van der Waals surface area contributed by atoms with Gasteiger partial charge in [-0.05, 0) is 25.1 Å². The van der Waals surface area contributed by atoms with Crippen LogP contribution in [0.1, 0.15) is 23.7 Å². The SMILES string of the molecule is COc1cc(C(F)(F)F)ccc1C(O)C(N)CCN. The van der Waals surface area contributed by atoms with Crippen LogP contribution in [0.15, 0.2) is 18.2 Å². The molecule has 0 heterocycles. The molecule has 7 heteroatoms. The van der Waals surface area contributed by atoms with Crippen LogP contribution in [0.3, 0.4) is 0 Å². The Hall–Kier alpha value is -1.31. The molecule has 0 spiro atoms. The van der Waals surface area contributed by atoms with E-state index in [4.69, 9.17) is 16.2 Å². The standard InChI is InChI=1S/C12H17F3N2O2/c1-19-10-6-7(12(13,14)15)2-3-8(10)11(18)9(17)4-5-16/h2-3,6,9,11,18H,4-5,16-17H2,1H3. The van der Waals surface area contributed by atoms with Crippen LogP contribution < -0.4 is 16.2 Å². The molecule has 108 valence electrons. The predicted octanol–water partition coefficient (Wildman–Crippen LogP) is 1.42. The molecule has 0 bridgehead atoms. The molecule has 1 rings (SSSR count). The van der Waals surface area contributed by atoms with Crippen molar-refractivity contribution in [1.82, 2.24) is 0 Å². The minimum atomic E-state index is -4.46. The zero-order chi connectivity index (χ0) is 14.6. The maximum absolute atomic E-state index is 12.6. The van der Waals surface area contributed by atoms with E-state index < -0.39 is 23.9 Å². The monoisotopic (exact) mass is 278 g/mol. The van der Waals surface area contributed by atoms with Crippen molar-refractivity contribution in [3.63, 3.8) is 0 Å². The third kappa shape index (κ3) is 3.82. The minimum absolute atomic E-state index is 0.0465. The molecule has 0 aliphatic heterocycles. The number of alkyl halides is 3. The lowest BCUT2D eigenvalue weighted by atomic mass is 9.98. The average molecular weight is 278 g/mol. The van der Waals surface area contributed by atoms with Crippen molar-refractivity contribution in [2.75, 3.05) is 13.7 Å². The molecule has 19 heavy (non-hydrogen) atoms. The van der Waals surface area contributed by atoms with E-state index in [1.165, 1.54) is 13.2 Å². The number of hydrogen-bond donors (Lipinski definition) is 3. The Kier molecular flexibility index (Phi) is 5.16. The Balaban J connectivity index is 3.09. The molecule has 2 unspecified atom stereocenters. The summed E-state index contributed by atoms with van der Waals surface area (Å²) in [5.41, 5.74) is 10.4. The highest BCUT2D eigenvalue weighted by atomic mass is 19.4. The predicted molar refractivity (Wildman–Crippen MR) is 64.6 cm³/mol. The maximum atomic E-state index is 12.6. The second-order valence-electron chi connectivity index (χ2n) is 4.14. The fraction of sp³-hybridized carbons (Fsp3) is 0.500. The minimum Gasteiger partial charge on any atom is -0.496 e. The fourth-order valence-corrected chi connectivity index (χ4v) is 1.71. The van der Waals surface area contributed by atoms with E-state index in [2.05, 4.69) is 0 Å². The van der Waals surface area contributed by atoms with Crippen molar-refractivity contribution in [1.29, 1.82) is 0 Å². The molecule has 0 amide bonds. The third-order valence-corrected chi connectivity index (χ3v) is 2.78. The third-order valence-electron chi connectivity index (χ3n) is 2.78. The quantitative estimate of drug-likeness (QED) is 0.761. The maximum Gasteiger partial charge on any atom is 0.416 e. The molecular weight excluding hydrogens is 261 g/mol. The van der Waals surface area contributed by atoms with Crippen LogP contribution in [-0.4, -0.2) is 24.8 Å². The van der Waals surface area contributed by atoms with E-state index in [1.807, 2.05) is 0 Å². The van der Waals surface area contributed by atoms with Crippen LogP contribution in [0.25, 0.3) is 0 Å². The number of aliphatic hydroxyl groups excluding tert-OH is 1. The lowest BCUT2D eigenvalue weighted by molar-refractivity contribution is -0.137. The Labute approximate surface area is 109 Å². The van der Waals surface area contributed by atoms with Crippen LogP contribution in [0.4, 0.5) is 13.2 Å². The zero-order valence-corrected chi connectivity index (χ0v) is 10.4. The molecule has 0 aliphatic carbocycles. The van der Waals surface area contributed by atoms with Gasteiger partial charge < -0.3 is 21.3 Å². The highest BCUT2D eigenvalue weighted by molar-refractivity contribution is 5.40. The summed E-state index contributed by atoms with van der Waals surface area (Å²) < 4.78 is 42.6. The van der Waals surface area contributed by atoms with E-state index >= 15 is 0 Å². The summed E-state index contributed by atoms with van der Waals surface area (Å²) in [6.07, 6.45) is -5.23. The van der Waals surface area contributed by atoms with Crippen molar-refractivity contribution in [3.05, 3.63) is 29.3 Å². The molecule has 4 nitrogen and oxygen atoms in total. The summed E-state index contributed by atoms with van der Waals surface area (Å²) in [6, 6.07) is 2.24. The number of hydrogen-bond acceptors (Lipinski definition) is 4. The molecule has 2 atom stereocenters. The van der Waals surface area contributed by atoms with E-state index in [0.29, 0.717) is 6.42 Å². The lowest BCUT2D eigenvalue weighted by Crippen LogP contribution is -2.31. The smallest absolute Gasteiger partial charge is 0.416 e. The van der Waals surface area contributed by atoms with Gasteiger partial charge in [-0.25, -0.2) is 0 Å². The Morgan fingerprint density at radius 3 is 2.47 bits per heavy atom. The molecule has 1 aromatic rings. The van der Waals surface area contributed by atoms with E-state index in [1.54, 1.807) is 0 Å². The summed E-state index contributed by atoms with van der Waals surface area (Å²) >= 11 is 0. The van der Waals surface area contributed by atoms with E-state index in [9.17, 15) is 18.3 Å². The van der Waals surface area contributed by atoms with E-state index in [-0.39, 0.29) is 17.9 Å². The Morgan fingerprint density at radius 1 is 1.37 bits per heavy atom. The van der Waals surface area contributed by atoms with Gasteiger partial charge in [-0.2, -0.15) is 13.2 Å². The molecule has 0 saturated carbocycles. The second kappa shape index (κ2) is 6.23. The van der Waals surface area contributed by atoms with Crippen LogP contribution in [0, 0.1) is 0 Å². The summed E-state index contributed by atoms with van der Waals surface area (Å²) in [5.74, 6) is -0.0465. The largest absolute Gasteiger partial charge is 0.496 e. The van der Waals surface area contributed by atoms with Gasteiger partial charge in [0.15, 0.2) is 0 Å². The van der Waals surface area contributed by atoms with Gasteiger partial charge in [-0.1, -0.05) is 6.07 Å². The van der Waals surface area contributed by atoms with Crippen LogP contribution in [0.5, 0.6) is 5.75 Å². The van der Waals surface area contributed by atoms with Crippen molar-refractivity contribution in [3.8, 4) is 5.75 Å². The first-order chi connectivity index (χ1) is 8.81. The van der Waals surface area contributed by atoms with Crippen LogP contribution in [-0.2, 0) is 6.18 Å². The molecule has 0 aliphatic rings. The van der Waals surface area contributed by atoms with Crippen molar-refractivity contribution in [2.45, 2.75) is 24.7 Å². The Bertz CT molecular complexity index is 424. The molecule has 0 radical (unpaired) electrons. The summed E-state index contributed by atoms with van der Waals surface area (Å²) in [6.45, 7) is 0.279. The van der Waals surface area contributed by atoms with Gasteiger partial charge in [-0.3, -0.25) is 0 Å². The van der Waals surface area contributed by atoms with Crippen molar-refractivity contribution in [2.24, 2.45) is 11.5 Å². The normalized spacial score (nSPS) is 15.1. The summed E-state index contributed by atoms with van der Waals surface area (Å²) in [4.78, 5) is 0. The van der Waals surface area contributed by atoms with Crippen LogP contribution >= 0.6 is 0 Å².